The van der Waals surface area contributed by atoms with Gasteiger partial charge in [0.1, 0.15) is 82.5 Å². The van der Waals surface area contributed by atoms with Gasteiger partial charge in [-0.2, -0.15) is 0 Å². The van der Waals surface area contributed by atoms with E-state index in [0.717, 1.165) is 248 Å². The number of benzene rings is 5. The number of aromatic amines is 5. The molecule has 0 radical (unpaired) electrons. The Bertz CT molecular complexity index is 5730. The number of anilines is 3. The van der Waals surface area contributed by atoms with Gasteiger partial charge in [-0.25, -0.2) is 54.2 Å². The normalized spacial score (nSPS) is 14.7. The smallest absolute Gasteiger partial charge is 0.213 e. The second kappa shape index (κ2) is 31.8. The predicted molar refractivity (Wildman–Crippen MR) is 437 cm³/mol. The topological polar surface area (TPSA) is 245 Å². The summed E-state index contributed by atoms with van der Waals surface area (Å²) in [5.41, 5.74) is 23.0. The van der Waals surface area contributed by atoms with E-state index in [1.807, 2.05) is 56.3 Å². The highest BCUT2D eigenvalue weighted by molar-refractivity contribution is 5.94. The lowest BCUT2D eigenvalue weighted by Crippen LogP contribution is -2.34. The summed E-state index contributed by atoms with van der Waals surface area (Å²) >= 11 is 0. The van der Waals surface area contributed by atoms with E-state index in [1.54, 1.807) is 51.5 Å². The molecule has 0 amide bonds. The molecule has 22 heteroatoms. The maximum Gasteiger partial charge on any atom is 0.213 e. The summed E-state index contributed by atoms with van der Waals surface area (Å²) in [4.78, 5) is 71.4. The molecule has 0 atom stereocenters. The number of piperidine rings is 3. The van der Waals surface area contributed by atoms with E-state index in [4.69, 9.17) is 40.6 Å². The van der Waals surface area contributed by atoms with Crippen LogP contribution in [0.15, 0.2) is 165 Å². The quantitative estimate of drug-likeness (QED) is 0.0565. The lowest BCUT2D eigenvalue weighted by Gasteiger charge is -2.32. The Balaban J connectivity index is 0.000000126. The van der Waals surface area contributed by atoms with Crippen molar-refractivity contribution in [2.24, 2.45) is 0 Å². The third kappa shape index (κ3) is 15.4. The maximum absolute atomic E-state index is 13.3. The molecule has 0 unspecified atom stereocenters. The van der Waals surface area contributed by atoms with Crippen molar-refractivity contribution in [3.63, 3.8) is 0 Å². The number of nitrogens with one attached hydrogen (secondary N) is 5. The van der Waals surface area contributed by atoms with Gasteiger partial charge in [-0.1, -0.05) is 60.0 Å². The first-order valence-electron chi connectivity index (χ1n) is 38.2. The summed E-state index contributed by atoms with van der Waals surface area (Å²) in [7, 11) is 3.32. The summed E-state index contributed by atoms with van der Waals surface area (Å²) in [6, 6.07) is 45.8. The first kappa shape index (κ1) is 72.4. The van der Waals surface area contributed by atoms with Gasteiger partial charge in [0, 0.05) is 138 Å². The van der Waals surface area contributed by atoms with Crippen LogP contribution in [0.4, 0.5) is 21.8 Å². The highest BCUT2D eigenvalue weighted by atomic mass is 19.1. The maximum atomic E-state index is 13.3. The van der Waals surface area contributed by atoms with Crippen LogP contribution in [0.2, 0.25) is 0 Å². The SMILES string of the molecule is C#Cc1ccc(C2=Cc3c(ncnc3N3CCC(c4nc(-c5ccc(F)cc5)c(C)[nH]4)CC3)C2)cc1.CCOc1cccc(-c2nc(C3CCN(c4ncnc5[nH]c(-c6ccc(C)cc6)cc45)CC3)[nH]c2C)c1.COc1cc(-c2cc3c(N4CCC(c5nc(-c6ccc(OC)c(C)c6)c(C)[nH]5)CC4)ncnc3[nH]2)ccn1. The molecule has 0 saturated carbocycles. The van der Waals surface area contributed by atoms with Crippen molar-refractivity contribution in [2.45, 2.75) is 104 Å². The molecule has 3 aliphatic heterocycles. The molecule has 21 nitrogen and oxygen atoms in total. The molecule has 0 bridgehead atoms. The van der Waals surface area contributed by atoms with Crippen LogP contribution in [0.3, 0.4) is 0 Å². The van der Waals surface area contributed by atoms with Gasteiger partial charge in [0.05, 0.1) is 54.4 Å². The zero-order valence-corrected chi connectivity index (χ0v) is 63.8. The summed E-state index contributed by atoms with van der Waals surface area (Å²) < 4.78 is 29.7. The van der Waals surface area contributed by atoms with Crippen molar-refractivity contribution in [3.8, 4) is 86.0 Å². The van der Waals surface area contributed by atoms with E-state index >= 15 is 0 Å². The number of hydrogen-bond acceptors (Lipinski definition) is 16. The summed E-state index contributed by atoms with van der Waals surface area (Å²) in [5.74, 6) is 12.0. The number of nitrogens with zero attached hydrogens (tertiary/aromatic N) is 13. The molecule has 14 aromatic rings. The zero-order valence-electron chi connectivity index (χ0n) is 63.8. The molecular weight excluding hydrogens is 1390 g/mol. The van der Waals surface area contributed by atoms with Gasteiger partial charge >= 0.3 is 0 Å². The Morgan fingerprint density at radius 3 is 1.53 bits per heavy atom. The third-order valence-electron chi connectivity index (χ3n) is 21.9. The van der Waals surface area contributed by atoms with Crippen molar-refractivity contribution >= 4 is 51.2 Å². The summed E-state index contributed by atoms with van der Waals surface area (Å²) in [6.07, 6.45) is 21.3. The monoisotopic (exact) mass is 1480 g/mol. The molecule has 4 aliphatic rings. The van der Waals surface area contributed by atoms with E-state index in [2.05, 4.69) is 182 Å². The van der Waals surface area contributed by atoms with Crippen LogP contribution in [-0.2, 0) is 6.42 Å². The Morgan fingerprint density at radius 2 is 0.991 bits per heavy atom. The fraction of sp³-hybridized carbons (Fsp3) is 0.281. The van der Waals surface area contributed by atoms with Gasteiger partial charge in [0.25, 0.3) is 0 Å². The molecule has 5 aromatic carbocycles. The van der Waals surface area contributed by atoms with Crippen LogP contribution in [0, 0.1) is 52.8 Å². The molecule has 1 aliphatic carbocycles. The molecular formula is C89H89FN18O3. The van der Waals surface area contributed by atoms with Crippen LogP contribution in [0.5, 0.6) is 17.4 Å². The fourth-order valence-electron chi connectivity index (χ4n) is 15.9. The first-order chi connectivity index (χ1) is 54.2. The van der Waals surface area contributed by atoms with E-state index in [9.17, 15) is 4.39 Å². The van der Waals surface area contributed by atoms with Gasteiger partial charge in [0.2, 0.25) is 5.88 Å². The van der Waals surface area contributed by atoms with Gasteiger partial charge < -0.3 is 53.8 Å². The first-order valence-corrected chi connectivity index (χ1v) is 38.2. The average molecular weight is 1480 g/mol. The number of aryl methyl sites for hydroxylation is 5. The van der Waals surface area contributed by atoms with Crippen molar-refractivity contribution in [2.75, 3.05) is 74.8 Å². The number of fused-ring (bicyclic) bond motifs is 3. The van der Waals surface area contributed by atoms with Crippen LogP contribution in [0.25, 0.3) is 90.0 Å². The van der Waals surface area contributed by atoms with E-state index in [-0.39, 0.29) is 5.82 Å². The Labute approximate surface area is 644 Å². The minimum Gasteiger partial charge on any atom is -0.496 e. The second-order valence-corrected chi connectivity index (χ2v) is 29.1. The second-order valence-electron chi connectivity index (χ2n) is 29.1. The number of imidazole rings is 3. The van der Waals surface area contributed by atoms with Crippen LogP contribution >= 0.6 is 0 Å². The number of hydrogen-bond donors (Lipinski definition) is 5. The van der Waals surface area contributed by atoms with Gasteiger partial charge in [-0.3, -0.25) is 0 Å². The number of ether oxygens (including phenoxy) is 3. The lowest BCUT2D eigenvalue weighted by atomic mass is 9.96. The standard InChI is InChI=1S/C30H26FN5.C30H32N6O.C29H31N7O2/c1-3-20-4-6-21(7-5-20)24-16-26-27(17-24)32-18-33-30(26)36-14-12-23(13-15-36)29-34-19(2)28(35-29)22-8-10-25(31)11-9-22;1-4-37-24-7-5-6-23(16-24)27-20(3)33-28(35-27)22-12-14-36(15-13-22)30-25-17-26(34-29(25)31-18-32-30)21-10-8-19(2)9-11-21;1-17-13-21(5-6-24(17)37-3)26-18(2)33-27(35-26)19-8-11-36(12-9-19)29-22-15-23(34-28(22)31-16-32-29)20-7-10-30-25(14-20)38-4/h1,4-11,16,18,23H,12-15,17H2,2H3,(H,34,35);5-11,16-18,22H,4,12-15H2,1-3H3,(H,33,35)(H,31,32,34);5-7,10,13-16,19H,8-9,11-12H2,1-4H3,(H,33,35)(H,31,32,34). The molecule has 9 aromatic heterocycles. The molecule has 18 rings (SSSR count). The molecule has 0 spiro atoms. The molecule has 3 saturated heterocycles. The number of methoxy groups -OCH3 is 2. The van der Waals surface area contributed by atoms with E-state index in [0.29, 0.717) is 30.2 Å². The predicted octanol–water partition coefficient (Wildman–Crippen LogP) is 17.6. The lowest BCUT2D eigenvalue weighted by molar-refractivity contribution is 0.340. The molecule has 111 heavy (non-hydrogen) atoms. The van der Waals surface area contributed by atoms with E-state index in [1.165, 1.54) is 28.8 Å². The number of rotatable bonds is 16. The highest BCUT2D eigenvalue weighted by Crippen LogP contribution is 2.41. The van der Waals surface area contributed by atoms with Gasteiger partial charge in [-0.05, 0) is 193 Å². The summed E-state index contributed by atoms with van der Waals surface area (Å²) in [5, 5.41) is 2.09. The molecule has 560 valence electrons. The Hall–Kier alpha value is -12.8. The highest BCUT2D eigenvalue weighted by Gasteiger charge is 2.32. The Kier molecular flexibility index (Phi) is 20.8. The largest absolute Gasteiger partial charge is 0.496 e. The van der Waals surface area contributed by atoms with Crippen molar-refractivity contribution in [3.05, 3.63) is 239 Å². The third-order valence-corrected chi connectivity index (χ3v) is 21.9. The van der Waals surface area contributed by atoms with E-state index < -0.39 is 0 Å². The molecule has 3 fully saturated rings. The minimum absolute atomic E-state index is 0.237. The number of allylic oxidation sites excluding steroid dienone is 1. The van der Waals surface area contributed by atoms with Crippen molar-refractivity contribution in [1.82, 2.24) is 74.8 Å². The number of pyridine rings is 1. The zero-order chi connectivity index (χ0) is 76.2. The van der Waals surface area contributed by atoms with Crippen molar-refractivity contribution in [1.29, 1.82) is 0 Å². The number of H-pyrrole nitrogens is 5. The fourth-order valence-corrected chi connectivity index (χ4v) is 15.9. The molecule has 5 N–H and O–H groups in total. The number of aromatic nitrogens is 15. The number of terminal acetylenes is 1. The van der Waals surface area contributed by atoms with Gasteiger partial charge in [0.15, 0.2) is 0 Å². The minimum atomic E-state index is -0.237. The van der Waals surface area contributed by atoms with Crippen LogP contribution < -0.4 is 28.9 Å². The molecule has 12 heterocycles. The van der Waals surface area contributed by atoms with Gasteiger partial charge in [-0.15, -0.1) is 6.42 Å². The Morgan fingerprint density at radius 1 is 0.486 bits per heavy atom. The summed E-state index contributed by atoms with van der Waals surface area (Å²) in [6.45, 7) is 18.5. The van der Waals surface area contributed by atoms with Crippen molar-refractivity contribution < 1.29 is 18.6 Å². The average Bonchev–Trinajstić information content (AvgIpc) is 1.66. The van der Waals surface area contributed by atoms with Crippen LogP contribution in [-0.4, -0.2) is 135 Å². The van der Waals surface area contributed by atoms with Crippen LogP contribution in [0.1, 0.15) is 131 Å². The number of halogens is 1.